The summed E-state index contributed by atoms with van der Waals surface area (Å²) in [5, 5.41) is 0. The van der Waals surface area contributed by atoms with Gasteiger partial charge in [-0.2, -0.15) is 0 Å². The zero-order valence-electron chi connectivity index (χ0n) is 12.0. The van der Waals surface area contributed by atoms with Crippen molar-refractivity contribution >= 4 is 18.6 Å². The number of cyclic esters (lactones) is 1. The van der Waals surface area contributed by atoms with E-state index >= 15 is 0 Å². The molecule has 6 heteroatoms. The summed E-state index contributed by atoms with van der Waals surface area (Å²) in [6.45, 7) is 7.60. The van der Waals surface area contributed by atoms with Crippen LogP contribution in [-0.4, -0.2) is 24.3 Å². The van der Waals surface area contributed by atoms with Gasteiger partial charge in [0.25, 0.3) is 0 Å². The van der Waals surface area contributed by atoms with Crippen LogP contribution in [0.4, 0.5) is 4.39 Å². The van der Waals surface area contributed by atoms with Gasteiger partial charge in [0.15, 0.2) is 0 Å². The summed E-state index contributed by atoms with van der Waals surface area (Å²) in [6.07, 6.45) is 0. The van der Waals surface area contributed by atoms with Crippen molar-refractivity contribution < 1.29 is 23.2 Å². The molecule has 2 aliphatic heterocycles. The van der Waals surface area contributed by atoms with Gasteiger partial charge in [-0.15, -0.1) is 0 Å². The lowest BCUT2D eigenvalue weighted by Gasteiger charge is -2.32. The SMILES string of the molecule is CC1(C)OB(c2ccc3c(c2F)COC3=O)OC1(C)C. The van der Waals surface area contributed by atoms with Crippen LogP contribution in [0, 0.1) is 5.82 Å². The normalized spacial score (nSPS) is 22.9. The molecule has 1 aromatic carbocycles. The maximum Gasteiger partial charge on any atom is 0.497 e. The highest BCUT2D eigenvalue weighted by Crippen LogP contribution is 2.37. The van der Waals surface area contributed by atoms with Crippen LogP contribution in [0.15, 0.2) is 12.1 Å². The summed E-state index contributed by atoms with van der Waals surface area (Å²) in [5.41, 5.74) is -0.198. The number of halogens is 1. The van der Waals surface area contributed by atoms with Crippen LogP contribution >= 0.6 is 0 Å². The quantitative estimate of drug-likeness (QED) is 0.580. The standard InChI is InChI=1S/C14H16BFO4/c1-13(2)14(3,4)20-15(19-13)10-6-5-8-9(11(10)16)7-18-12(8)17/h5-6H,7H2,1-4H3. The second kappa shape index (κ2) is 4.05. The molecule has 0 atom stereocenters. The van der Waals surface area contributed by atoms with Gasteiger partial charge in [0.1, 0.15) is 12.4 Å². The summed E-state index contributed by atoms with van der Waals surface area (Å²) >= 11 is 0. The molecule has 0 bridgehead atoms. The van der Waals surface area contributed by atoms with Gasteiger partial charge in [-0.05, 0) is 33.8 Å². The molecule has 2 heterocycles. The van der Waals surface area contributed by atoms with Crippen molar-refractivity contribution in [3.05, 3.63) is 29.1 Å². The highest BCUT2D eigenvalue weighted by Gasteiger charge is 2.52. The lowest BCUT2D eigenvalue weighted by Crippen LogP contribution is -2.41. The fourth-order valence-corrected chi connectivity index (χ4v) is 2.34. The van der Waals surface area contributed by atoms with Gasteiger partial charge in [-0.25, -0.2) is 9.18 Å². The monoisotopic (exact) mass is 278 g/mol. The predicted octanol–water partition coefficient (Wildman–Crippen LogP) is 1.80. The Morgan fingerprint density at radius 1 is 1.15 bits per heavy atom. The molecule has 0 N–H and O–H groups in total. The summed E-state index contributed by atoms with van der Waals surface area (Å²) < 4.78 is 31.0. The maximum absolute atomic E-state index is 14.5. The lowest BCUT2D eigenvalue weighted by molar-refractivity contribution is 0.00578. The molecule has 0 amide bonds. The first-order valence-corrected chi connectivity index (χ1v) is 6.57. The minimum absolute atomic E-state index is 0.0344. The van der Waals surface area contributed by atoms with Gasteiger partial charge in [0.05, 0.1) is 16.8 Å². The third-order valence-corrected chi connectivity index (χ3v) is 4.35. The molecule has 1 saturated heterocycles. The van der Waals surface area contributed by atoms with Crippen LogP contribution in [0.25, 0.3) is 0 Å². The largest absolute Gasteiger partial charge is 0.497 e. The molecule has 1 fully saturated rings. The molecule has 1 aromatic rings. The molecule has 0 radical (unpaired) electrons. The van der Waals surface area contributed by atoms with Gasteiger partial charge in [-0.1, -0.05) is 6.07 Å². The van der Waals surface area contributed by atoms with Crippen LogP contribution in [0.1, 0.15) is 43.6 Å². The van der Waals surface area contributed by atoms with Crippen molar-refractivity contribution in [1.29, 1.82) is 0 Å². The smallest absolute Gasteiger partial charge is 0.457 e. The molecule has 4 nitrogen and oxygen atoms in total. The Morgan fingerprint density at radius 3 is 2.35 bits per heavy atom. The van der Waals surface area contributed by atoms with E-state index in [1.165, 1.54) is 6.07 Å². The first-order valence-electron chi connectivity index (χ1n) is 6.57. The van der Waals surface area contributed by atoms with Crippen LogP contribution in [0.2, 0.25) is 0 Å². The molecule has 0 aromatic heterocycles. The average Bonchev–Trinajstić information content (AvgIpc) is 2.79. The van der Waals surface area contributed by atoms with E-state index in [-0.39, 0.29) is 17.7 Å². The molecular weight excluding hydrogens is 262 g/mol. The van der Waals surface area contributed by atoms with Crippen molar-refractivity contribution in [2.24, 2.45) is 0 Å². The number of rotatable bonds is 1. The third-order valence-electron chi connectivity index (χ3n) is 4.35. The van der Waals surface area contributed by atoms with Crippen molar-refractivity contribution in [2.45, 2.75) is 45.5 Å². The fraction of sp³-hybridized carbons (Fsp3) is 0.500. The van der Waals surface area contributed by atoms with E-state index in [4.69, 9.17) is 14.0 Å². The number of esters is 1. The Hall–Kier alpha value is -1.40. The van der Waals surface area contributed by atoms with Gasteiger partial charge >= 0.3 is 13.1 Å². The van der Waals surface area contributed by atoms with Crippen LogP contribution in [0.3, 0.4) is 0 Å². The Labute approximate surface area is 117 Å². The molecular formula is C14H16BFO4. The number of benzene rings is 1. The summed E-state index contributed by atoms with van der Waals surface area (Å²) in [6, 6.07) is 3.09. The molecule has 2 aliphatic rings. The minimum atomic E-state index is -0.777. The van der Waals surface area contributed by atoms with Crippen molar-refractivity contribution in [1.82, 2.24) is 0 Å². The van der Waals surface area contributed by atoms with E-state index in [9.17, 15) is 9.18 Å². The van der Waals surface area contributed by atoms with E-state index in [2.05, 4.69) is 0 Å². The number of carbonyl (C=O) groups is 1. The maximum atomic E-state index is 14.5. The van der Waals surface area contributed by atoms with Gasteiger partial charge < -0.3 is 14.0 Å². The Balaban J connectivity index is 2.00. The lowest BCUT2D eigenvalue weighted by atomic mass is 9.77. The van der Waals surface area contributed by atoms with E-state index in [1.807, 2.05) is 27.7 Å². The number of ether oxygens (including phenoxy) is 1. The van der Waals surface area contributed by atoms with E-state index < -0.39 is 30.1 Å². The van der Waals surface area contributed by atoms with Crippen LogP contribution in [0.5, 0.6) is 0 Å². The number of carbonyl (C=O) groups excluding carboxylic acids is 1. The van der Waals surface area contributed by atoms with E-state index in [1.54, 1.807) is 6.07 Å². The van der Waals surface area contributed by atoms with Gasteiger partial charge in [0.2, 0.25) is 0 Å². The first-order chi connectivity index (χ1) is 9.23. The van der Waals surface area contributed by atoms with Crippen molar-refractivity contribution in [3.63, 3.8) is 0 Å². The minimum Gasteiger partial charge on any atom is -0.457 e. The molecule has 0 unspecified atom stereocenters. The molecule has 0 aliphatic carbocycles. The zero-order valence-corrected chi connectivity index (χ0v) is 12.0. The summed E-state index contributed by atoms with van der Waals surface area (Å²) in [7, 11) is -0.777. The number of hydrogen-bond donors (Lipinski definition) is 0. The van der Waals surface area contributed by atoms with Crippen LogP contribution < -0.4 is 5.46 Å². The van der Waals surface area contributed by atoms with Gasteiger partial charge in [0, 0.05) is 11.0 Å². The molecule has 0 saturated carbocycles. The Kier molecular flexibility index (Phi) is 2.75. The van der Waals surface area contributed by atoms with E-state index in [0.29, 0.717) is 5.46 Å². The Morgan fingerprint density at radius 2 is 1.75 bits per heavy atom. The topological polar surface area (TPSA) is 44.8 Å². The van der Waals surface area contributed by atoms with Crippen LogP contribution in [-0.2, 0) is 20.7 Å². The summed E-state index contributed by atoms with van der Waals surface area (Å²) in [4.78, 5) is 11.4. The molecule has 20 heavy (non-hydrogen) atoms. The highest BCUT2D eigenvalue weighted by molar-refractivity contribution is 6.62. The summed E-state index contributed by atoms with van der Waals surface area (Å²) in [5.74, 6) is -0.966. The zero-order chi connectivity index (χ0) is 14.7. The number of hydrogen-bond acceptors (Lipinski definition) is 4. The van der Waals surface area contributed by atoms with Crippen molar-refractivity contribution in [2.75, 3.05) is 0 Å². The highest BCUT2D eigenvalue weighted by atomic mass is 19.1. The fourth-order valence-electron chi connectivity index (χ4n) is 2.34. The Bertz CT molecular complexity index is 581. The van der Waals surface area contributed by atoms with Gasteiger partial charge in [-0.3, -0.25) is 0 Å². The number of fused-ring (bicyclic) bond motifs is 1. The molecule has 0 spiro atoms. The first kappa shape index (κ1) is 13.6. The molecule has 3 rings (SSSR count). The molecule has 106 valence electrons. The average molecular weight is 278 g/mol. The second-order valence-corrected chi connectivity index (χ2v) is 6.16. The predicted molar refractivity (Wildman–Crippen MR) is 71.2 cm³/mol. The third kappa shape index (κ3) is 1.78. The second-order valence-electron chi connectivity index (χ2n) is 6.16. The van der Waals surface area contributed by atoms with Crippen molar-refractivity contribution in [3.8, 4) is 0 Å². The van der Waals surface area contributed by atoms with E-state index in [0.717, 1.165) is 0 Å².